The Morgan fingerprint density at radius 2 is 1.88 bits per heavy atom. The molecule has 24 heavy (non-hydrogen) atoms. The molecule has 0 radical (unpaired) electrons. The van der Waals surface area contributed by atoms with Crippen LogP contribution in [0.2, 0.25) is 0 Å². The number of aliphatic carboxylic acids is 1. The second-order valence-electron chi connectivity index (χ2n) is 9.36. The largest absolute Gasteiger partial charge is 0.481 e. The molecular weight excluding hydrogens is 304 g/mol. The first-order valence-corrected chi connectivity index (χ1v) is 9.38. The van der Waals surface area contributed by atoms with Crippen LogP contribution in [0, 0.1) is 34.5 Å². The molecule has 0 amide bonds. The van der Waals surface area contributed by atoms with Crippen LogP contribution in [0.25, 0.3) is 0 Å². The molecule has 3 aliphatic rings. The molecule has 0 aromatic heterocycles. The number of carboxylic acids is 1. The maximum atomic E-state index is 12.4. The quantitative estimate of drug-likeness (QED) is 0.677. The Kier molecular flexibility index (Phi) is 4.16. The van der Waals surface area contributed by atoms with Gasteiger partial charge >= 0.3 is 5.97 Å². The van der Waals surface area contributed by atoms with Gasteiger partial charge in [0.05, 0.1) is 11.5 Å². The summed E-state index contributed by atoms with van der Waals surface area (Å²) in [6.07, 6.45) is 6.84. The molecular formula is C20H32O4. The Labute approximate surface area is 145 Å². The highest BCUT2D eigenvalue weighted by atomic mass is 16.4. The van der Waals surface area contributed by atoms with Crippen LogP contribution >= 0.6 is 0 Å². The van der Waals surface area contributed by atoms with Gasteiger partial charge in [-0.05, 0) is 68.1 Å². The second kappa shape index (κ2) is 5.57. The van der Waals surface area contributed by atoms with Crippen LogP contribution in [-0.4, -0.2) is 33.0 Å². The van der Waals surface area contributed by atoms with Crippen LogP contribution in [0.4, 0.5) is 0 Å². The van der Waals surface area contributed by atoms with Gasteiger partial charge < -0.3 is 15.3 Å². The Bertz CT molecular complexity index is 552. The molecule has 0 aliphatic heterocycles. The smallest absolute Gasteiger partial charge is 0.310 e. The van der Waals surface area contributed by atoms with E-state index in [-0.39, 0.29) is 23.2 Å². The Morgan fingerprint density at radius 3 is 2.46 bits per heavy atom. The minimum atomic E-state index is -1.23. The van der Waals surface area contributed by atoms with E-state index in [2.05, 4.69) is 20.8 Å². The Balaban J connectivity index is 2.05. The molecule has 3 aliphatic carbocycles. The fourth-order valence-electron chi connectivity index (χ4n) is 6.18. The van der Waals surface area contributed by atoms with Crippen LogP contribution in [-0.2, 0) is 4.79 Å². The first-order valence-electron chi connectivity index (χ1n) is 9.38. The first-order chi connectivity index (χ1) is 11.0. The molecule has 3 N–H and O–H groups in total. The van der Waals surface area contributed by atoms with Gasteiger partial charge in [0.1, 0.15) is 5.60 Å². The summed E-state index contributed by atoms with van der Waals surface area (Å²) in [6, 6.07) is 0. The molecule has 2 fully saturated rings. The third kappa shape index (κ3) is 2.37. The highest BCUT2D eigenvalue weighted by Gasteiger charge is 2.64. The zero-order valence-corrected chi connectivity index (χ0v) is 15.3. The number of aliphatic hydroxyl groups is 2. The van der Waals surface area contributed by atoms with Gasteiger partial charge in [0.25, 0.3) is 0 Å². The van der Waals surface area contributed by atoms with Crippen molar-refractivity contribution in [3.8, 4) is 0 Å². The number of hydrogen-bond acceptors (Lipinski definition) is 3. The predicted octanol–water partition coefficient (Wildman–Crippen LogP) is 3.23. The van der Waals surface area contributed by atoms with E-state index in [1.54, 1.807) is 13.0 Å². The summed E-state index contributed by atoms with van der Waals surface area (Å²) in [7, 11) is 0. The average molecular weight is 336 g/mol. The highest BCUT2D eigenvalue weighted by Crippen LogP contribution is 2.65. The van der Waals surface area contributed by atoms with Gasteiger partial charge in [0.15, 0.2) is 0 Å². The number of allylic oxidation sites excluding steroid dienone is 1. The molecule has 7 atom stereocenters. The third-order valence-corrected chi connectivity index (χ3v) is 7.64. The van der Waals surface area contributed by atoms with Crippen LogP contribution in [0.3, 0.4) is 0 Å². The standard InChI is InChI=1S/C20H32O4/c1-12(2)13-5-6-15-14-7-8-19(4,24)16(21)11-18(14,3)9-10-20(13,15)17(22)23/h7-8,12-16,21,24H,5-6,9-11H2,1-4H3,(H,22,23). The van der Waals surface area contributed by atoms with Gasteiger partial charge in [0, 0.05) is 0 Å². The lowest BCUT2D eigenvalue weighted by atomic mass is 9.50. The molecule has 0 saturated heterocycles. The van der Waals surface area contributed by atoms with Crippen molar-refractivity contribution >= 4 is 5.97 Å². The maximum absolute atomic E-state index is 12.4. The third-order valence-electron chi connectivity index (χ3n) is 7.64. The molecule has 7 unspecified atom stereocenters. The van der Waals surface area contributed by atoms with Crippen molar-refractivity contribution in [1.29, 1.82) is 0 Å². The van der Waals surface area contributed by atoms with Gasteiger partial charge in [-0.1, -0.05) is 32.9 Å². The molecule has 0 aromatic carbocycles. The fraction of sp³-hybridized carbons (Fsp3) is 0.850. The molecule has 3 rings (SSSR count). The van der Waals surface area contributed by atoms with E-state index in [0.29, 0.717) is 18.8 Å². The van der Waals surface area contributed by atoms with Crippen molar-refractivity contribution in [2.45, 2.75) is 71.5 Å². The van der Waals surface area contributed by atoms with Gasteiger partial charge in [-0.3, -0.25) is 4.79 Å². The zero-order chi connectivity index (χ0) is 17.9. The number of carbonyl (C=O) groups is 1. The van der Waals surface area contributed by atoms with Crippen LogP contribution in [0.5, 0.6) is 0 Å². The number of rotatable bonds is 2. The Hall–Kier alpha value is -0.870. The van der Waals surface area contributed by atoms with E-state index in [1.165, 1.54) is 0 Å². The van der Waals surface area contributed by atoms with Crippen LogP contribution < -0.4 is 0 Å². The summed E-state index contributed by atoms with van der Waals surface area (Å²) in [6.45, 7) is 8.10. The molecule has 4 nitrogen and oxygen atoms in total. The van der Waals surface area contributed by atoms with E-state index in [0.717, 1.165) is 19.3 Å². The maximum Gasteiger partial charge on any atom is 0.310 e. The van der Waals surface area contributed by atoms with Gasteiger partial charge in [-0.2, -0.15) is 0 Å². The second-order valence-corrected chi connectivity index (χ2v) is 9.36. The summed E-state index contributed by atoms with van der Waals surface area (Å²) in [5.74, 6) is 0.134. The number of fused-ring (bicyclic) bond motifs is 3. The van der Waals surface area contributed by atoms with Crippen molar-refractivity contribution < 1.29 is 20.1 Å². The number of aliphatic hydroxyl groups excluding tert-OH is 1. The first kappa shape index (κ1) is 17.9. The summed E-state index contributed by atoms with van der Waals surface area (Å²) in [5, 5.41) is 31.1. The van der Waals surface area contributed by atoms with Crippen molar-refractivity contribution in [2.24, 2.45) is 34.5 Å². The van der Waals surface area contributed by atoms with Gasteiger partial charge in [-0.25, -0.2) is 0 Å². The lowest BCUT2D eigenvalue weighted by Crippen LogP contribution is -2.52. The molecule has 0 bridgehead atoms. The van der Waals surface area contributed by atoms with E-state index in [1.807, 2.05) is 6.08 Å². The lowest BCUT2D eigenvalue weighted by Gasteiger charge is -2.53. The van der Waals surface area contributed by atoms with Crippen molar-refractivity contribution in [2.75, 3.05) is 0 Å². The molecule has 0 heterocycles. The topological polar surface area (TPSA) is 77.8 Å². The number of carboxylic acid groups (broad SMARTS) is 1. The summed E-state index contributed by atoms with van der Waals surface area (Å²) >= 11 is 0. The summed E-state index contributed by atoms with van der Waals surface area (Å²) < 4.78 is 0. The van der Waals surface area contributed by atoms with E-state index in [4.69, 9.17) is 0 Å². The van der Waals surface area contributed by atoms with Crippen molar-refractivity contribution in [3.63, 3.8) is 0 Å². The van der Waals surface area contributed by atoms with E-state index < -0.39 is 23.1 Å². The molecule has 136 valence electrons. The van der Waals surface area contributed by atoms with Crippen LogP contribution in [0.1, 0.15) is 59.8 Å². The van der Waals surface area contributed by atoms with Crippen molar-refractivity contribution in [1.82, 2.24) is 0 Å². The van der Waals surface area contributed by atoms with Gasteiger partial charge in [-0.15, -0.1) is 0 Å². The SMILES string of the molecule is CC(C)C1CCC2C3C=CC(C)(O)C(O)CC3(C)CCC12C(=O)O. The average Bonchev–Trinajstić information content (AvgIpc) is 2.82. The Morgan fingerprint density at radius 1 is 1.21 bits per heavy atom. The monoisotopic (exact) mass is 336 g/mol. The van der Waals surface area contributed by atoms with Crippen molar-refractivity contribution in [3.05, 3.63) is 12.2 Å². The highest BCUT2D eigenvalue weighted by molar-refractivity contribution is 5.76. The predicted molar refractivity (Wildman–Crippen MR) is 92.3 cm³/mol. The molecule has 4 heteroatoms. The summed E-state index contributed by atoms with van der Waals surface area (Å²) in [5.41, 5.74) is -2.03. The summed E-state index contributed by atoms with van der Waals surface area (Å²) in [4.78, 5) is 12.4. The molecule has 2 saturated carbocycles. The minimum Gasteiger partial charge on any atom is -0.481 e. The number of hydrogen-bond donors (Lipinski definition) is 3. The lowest BCUT2D eigenvalue weighted by molar-refractivity contribution is -0.166. The zero-order valence-electron chi connectivity index (χ0n) is 15.3. The van der Waals surface area contributed by atoms with E-state index >= 15 is 0 Å². The normalized spacial score (nSPS) is 51.1. The molecule has 0 aromatic rings. The minimum absolute atomic E-state index is 0.0958. The van der Waals surface area contributed by atoms with Crippen LogP contribution in [0.15, 0.2) is 12.2 Å². The fourth-order valence-corrected chi connectivity index (χ4v) is 6.18. The van der Waals surface area contributed by atoms with Gasteiger partial charge in [0.2, 0.25) is 0 Å². The van der Waals surface area contributed by atoms with E-state index in [9.17, 15) is 20.1 Å². The molecule has 0 spiro atoms.